The molecule has 0 radical (unpaired) electrons. The second-order valence-electron chi connectivity index (χ2n) is 5.77. The Labute approximate surface area is 125 Å². The first-order chi connectivity index (χ1) is 9.59. The van der Waals surface area contributed by atoms with Gasteiger partial charge < -0.3 is 5.32 Å². The lowest BCUT2D eigenvalue weighted by Gasteiger charge is -2.19. The Kier molecular flexibility index (Phi) is 4.17. The Bertz CT molecular complexity index is 559. The fourth-order valence-corrected chi connectivity index (χ4v) is 5.22. The summed E-state index contributed by atoms with van der Waals surface area (Å²) in [5.74, 6) is 0.584. The molecule has 0 unspecified atom stereocenters. The van der Waals surface area contributed by atoms with Crippen LogP contribution in [0.15, 0.2) is 16.3 Å². The molecular weight excluding hydrogens is 292 g/mol. The van der Waals surface area contributed by atoms with Crippen LogP contribution in [0, 0.1) is 5.92 Å². The van der Waals surface area contributed by atoms with Crippen LogP contribution in [0.2, 0.25) is 0 Å². The maximum absolute atomic E-state index is 12.6. The van der Waals surface area contributed by atoms with Gasteiger partial charge in [0.2, 0.25) is 0 Å². The van der Waals surface area contributed by atoms with Gasteiger partial charge in [-0.15, -0.1) is 11.3 Å². The van der Waals surface area contributed by atoms with Gasteiger partial charge in [0.25, 0.3) is 10.0 Å². The van der Waals surface area contributed by atoms with Gasteiger partial charge in [0.15, 0.2) is 0 Å². The molecule has 112 valence electrons. The van der Waals surface area contributed by atoms with Gasteiger partial charge in [-0.05, 0) is 43.7 Å². The minimum absolute atomic E-state index is 0.493. The summed E-state index contributed by atoms with van der Waals surface area (Å²) in [5.41, 5.74) is 0. The third-order valence-corrected chi connectivity index (χ3v) is 7.38. The highest BCUT2D eigenvalue weighted by Gasteiger charge is 2.31. The number of hydrogen-bond acceptors (Lipinski definition) is 4. The number of hydrogen-bond donors (Lipinski definition) is 1. The zero-order valence-electron chi connectivity index (χ0n) is 11.8. The molecule has 2 fully saturated rings. The Morgan fingerprint density at radius 2 is 2.05 bits per heavy atom. The van der Waals surface area contributed by atoms with E-state index in [-0.39, 0.29) is 0 Å². The highest BCUT2D eigenvalue weighted by molar-refractivity contribution is 7.91. The summed E-state index contributed by atoms with van der Waals surface area (Å²) in [6.07, 6.45) is 4.85. The van der Waals surface area contributed by atoms with Crippen LogP contribution < -0.4 is 5.32 Å². The second kappa shape index (κ2) is 5.75. The van der Waals surface area contributed by atoms with Gasteiger partial charge in [0.05, 0.1) is 0 Å². The normalized spacial score (nSPS) is 19.7. The number of sulfonamides is 1. The number of nitrogens with zero attached hydrogens (tertiary/aromatic N) is 1. The van der Waals surface area contributed by atoms with Crippen molar-refractivity contribution in [1.29, 1.82) is 0 Å². The van der Waals surface area contributed by atoms with Gasteiger partial charge >= 0.3 is 0 Å². The van der Waals surface area contributed by atoms with E-state index in [0.29, 0.717) is 29.3 Å². The summed E-state index contributed by atoms with van der Waals surface area (Å²) in [6.45, 7) is 3.96. The molecule has 4 nitrogen and oxygen atoms in total. The first-order valence-corrected chi connectivity index (χ1v) is 9.67. The first-order valence-electron chi connectivity index (χ1n) is 7.42. The largest absolute Gasteiger partial charge is 0.309 e. The van der Waals surface area contributed by atoms with Crippen molar-refractivity contribution in [2.24, 2.45) is 5.92 Å². The lowest BCUT2D eigenvalue weighted by atomic mass is 10.4. The van der Waals surface area contributed by atoms with E-state index in [2.05, 4.69) is 5.32 Å². The average molecular weight is 314 g/mol. The molecular formula is C14H22N2O2S2. The number of thiophene rings is 1. The van der Waals surface area contributed by atoms with E-state index in [1.165, 1.54) is 37.0 Å². The molecule has 0 aliphatic heterocycles. The number of nitrogens with one attached hydrogen (secondary N) is 1. The molecule has 3 rings (SSSR count). The fourth-order valence-electron chi connectivity index (χ4n) is 2.24. The van der Waals surface area contributed by atoms with Crippen LogP contribution in [0.1, 0.15) is 37.5 Å². The zero-order chi connectivity index (χ0) is 14.2. The van der Waals surface area contributed by atoms with Crippen LogP contribution in [0.4, 0.5) is 0 Å². The summed E-state index contributed by atoms with van der Waals surface area (Å²) in [4.78, 5) is 1.11. The van der Waals surface area contributed by atoms with Crippen molar-refractivity contribution in [3.05, 3.63) is 17.0 Å². The molecule has 0 atom stereocenters. The van der Waals surface area contributed by atoms with Gasteiger partial charge in [0, 0.05) is 30.6 Å². The average Bonchev–Trinajstić information content (AvgIpc) is 3.34. The molecule has 6 heteroatoms. The monoisotopic (exact) mass is 314 g/mol. The van der Waals surface area contributed by atoms with Gasteiger partial charge in [0.1, 0.15) is 4.21 Å². The zero-order valence-corrected chi connectivity index (χ0v) is 13.5. The van der Waals surface area contributed by atoms with E-state index in [9.17, 15) is 8.42 Å². The van der Waals surface area contributed by atoms with Crippen molar-refractivity contribution in [3.63, 3.8) is 0 Å². The van der Waals surface area contributed by atoms with E-state index in [1.54, 1.807) is 10.4 Å². The highest BCUT2D eigenvalue weighted by Crippen LogP contribution is 2.33. The predicted octanol–water partition coefficient (Wildman–Crippen LogP) is 2.42. The minimum Gasteiger partial charge on any atom is -0.309 e. The minimum atomic E-state index is -3.28. The van der Waals surface area contributed by atoms with Crippen molar-refractivity contribution >= 4 is 21.4 Å². The molecule has 0 bridgehead atoms. The van der Waals surface area contributed by atoms with Crippen LogP contribution in [0.5, 0.6) is 0 Å². The molecule has 0 aromatic carbocycles. The molecule has 20 heavy (non-hydrogen) atoms. The van der Waals surface area contributed by atoms with Crippen molar-refractivity contribution in [2.75, 3.05) is 13.1 Å². The highest BCUT2D eigenvalue weighted by atomic mass is 32.2. The molecule has 2 aliphatic rings. The Morgan fingerprint density at radius 1 is 1.30 bits per heavy atom. The van der Waals surface area contributed by atoms with Gasteiger partial charge in [-0.3, -0.25) is 0 Å². The third kappa shape index (κ3) is 3.42. The summed E-state index contributed by atoms with van der Waals surface area (Å²) in [7, 11) is -3.28. The molecule has 0 saturated heterocycles. The molecule has 1 heterocycles. The molecule has 0 amide bonds. The van der Waals surface area contributed by atoms with E-state index >= 15 is 0 Å². The maximum Gasteiger partial charge on any atom is 0.252 e. The summed E-state index contributed by atoms with van der Waals surface area (Å²) in [6, 6.07) is 4.36. The van der Waals surface area contributed by atoms with Gasteiger partial charge in [-0.2, -0.15) is 4.31 Å². The summed E-state index contributed by atoms with van der Waals surface area (Å²) >= 11 is 1.41. The quantitative estimate of drug-likeness (QED) is 0.802. The number of rotatable bonds is 8. The van der Waals surface area contributed by atoms with Crippen molar-refractivity contribution in [2.45, 2.75) is 49.4 Å². The third-order valence-electron chi connectivity index (χ3n) is 3.88. The molecule has 0 spiro atoms. The van der Waals surface area contributed by atoms with Crippen LogP contribution in [-0.2, 0) is 16.6 Å². The summed E-state index contributed by atoms with van der Waals surface area (Å²) in [5, 5.41) is 3.43. The second-order valence-corrected chi connectivity index (χ2v) is 9.11. The lowest BCUT2D eigenvalue weighted by molar-refractivity contribution is 0.413. The fraction of sp³-hybridized carbons (Fsp3) is 0.714. The SMILES string of the molecule is CCN(CC1CC1)S(=O)(=O)c1ccc(CNC2CC2)s1. The van der Waals surface area contributed by atoms with E-state index < -0.39 is 10.0 Å². The Morgan fingerprint density at radius 3 is 2.65 bits per heavy atom. The van der Waals surface area contributed by atoms with Crippen molar-refractivity contribution < 1.29 is 8.42 Å². The standard InChI is InChI=1S/C14H22N2O2S2/c1-2-16(10-11-3-4-11)20(17,18)14-8-7-13(19-14)9-15-12-5-6-12/h7-8,11-12,15H,2-6,9-10H2,1H3. The lowest BCUT2D eigenvalue weighted by Crippen LogP contribution is -2.32. The van der Waals surface area contributed by atoms with Gasteiger partial charge in [-0.25, -0.2) is 8.42 Å². The first kappa shape index (κ1) is 14.5. The van der Waals surface area contributed by atoms with Crippen molar-refractivity contribution in [3.8, 4) is 0 Å². The Hall–Kier alpha value is -0.430. The smallest absolute Gasteiger partial charge is 0.252 e. The van der Waals surface area contributed by atoms with Crippen molar-refractivity contribution in [1.82, 2.24) is 9.62 Å². The Balaban J connectivity index is 1.68. The molecule has 1 aromatic rings. The molecule has 1 aromatic heterocycles. The summed E-state index contributed by atoms with van der Waals surface area (Å²) < 4.78 is 27.3. The molecule has 1 N–H and O–H groups in total. The van der Waals surface area contributed by atoms with Crippen LogP contribution in [0.3, 0.4) is 0 Å². The van der Waals surface area contributed by atoms with Crippen LogP contribution >= 0.6 is 11.3 Å². The van der Waals surface area contributed by atoms with E-state index in [4.69, 9.17) is 0 Å². The predicted molar refractivity (Wildman–Crippen MR) is 81.3 cm³/mol. The van der Waals surface area contributed by atoms with Crippen LogP contribution in [-0.4, -0.2) is 31.9 Å². The maximum atomic E-state index is 12.6. The van der Waals surface area contributed by atoms with E-state index in [0.717, 1.165) is 11.4 Å². The molecule has 2 aliphatic carbocycles. The van der Waals surface area contributed by atoms with Crippen LogP contribution in [0.25, 0.3) is 0 Å². The topological polar surface area (TPSA) is 49.4 Å². The van der Waals surface area contributed by atoms with Gasteiger partial charge in [-0.1, -0.05) is 6.92 Å². The molecule has 2 saturated carbocycles. The van der Waals surface area contributed by atoms with E-state index in [1.807, 2.05) is 13.0 Å².